The quantitative estimate of drug-likeness (QED) is 0.0721. The van der Waals surface area contributed by atoms with Gasteiger partial charge in [0.15, 0.2) is 0 Å². The topological polar surface area (TPSA) is 232 Å². The van der Waals surface area contributed by atoms with Crippen LogP contribution in [0.5, 0.6) is 0 Å². The largest absolute Gasteiger partial charge is 0.478 e. The van der Waals surface area contributed by atoms with Crippen LogP contribution in [-0.4, -0.2) is 122 Å². The van der Waals surface area contributed by atoms with E-state index in [1.165, 1.54) is 30.6 Å². The fourth-order valence-electron chi connectivity index (χ4n) is 6.49. The number of aromatic nitrogens is 1. The molecule has 0 bridgehead atoms. The molecule has 1 aromatic rings. The van der Waals surface area contributed by atoms with Crippen LogP contribution in [-0.2, 0) is 38.3 Å². The van der Waals surface area contributed by atoms with E-state index in [1.54, 1.807) is 0 Å². The van der Waals surface area contributed by atoms with E-state index in [0.29, 0.717) is 37.3 Å². The van der Waals surface area contributed by atoms with Crippen LogP contribution in [0.25, 0.3) is 0 Å². The molecular weight excluding hydrogens is 704 g/mol. The number of aliphatic carboxylic acids is 4. The van der Waals surface area contributed by atoms with Crippen molar-refractivity contribution in [3.63, 3.8) is 0 Å². The van der Waals surface area contributed by atoms with Crippen molar-refractivity contribution in [1.29, 1.82) is 0 Å². The van der Waals surface area contributed by atoms with Crippen LogP contribution in [0.15, 0.2) is 48.7 Å². The van der Waals surface area contributed by atoms with Crippen molar-refractivity contribution in [2.75, 3.05) is 44.2 Å². The number of rotatable bonds is 18. The number of carbonyl (C=O) groups is 7. The Hall–Kier alpha value is -5.12. The van der Waals surface area contributed by atoms with Gasteiger partial charge in [-0.1, -0.05) is 64.4 Å². The molecule has 1 saturated carbocycles. The normalized spacial score (nSPS) is 19.0. The number of pyridine rings is 1. The van der Waals surface area contributed by atoms with Gasteiger partial charge in [-0.2, -0.15) is 0 Å². The average Bonchev–Trinajstić information content (AvgIpc) is 3.38. The van der Waals surface area contributed by atoms with Crippen LogP contribution in [0.4, 0.5) is 5.82 Å². The molecule has 0 radical (unpaired) electrons. The molecule has 3 unspecified atom stereocenters. The molecule has 298 valence electrons. The number of unbranched alkanes of at least 4 members (excludes halogenated alkanes) is 6. The van der Waals surface area contributed by atoms with E-state index in [9.17, 15) is 33.6 Å². The van der Waals surface area contributed by atoms with Crippen LogP contribution in [0.3, 0.4) is 0 Å². The van der Waals surface area contributed by atoms with E-state index in [-0.39, 0.29) is 36.2 Å². The van der Waals surface area contributed by atoms with E-state index >= 15 is 0 Å². The highest BCUT2D eigenvalue weighted by molar-refractivity contribution is 6.05. The van der Waals surface area contributed by atoms with Crippen molar-refractivity contribution in [1.82, 2.24) is 14.8 Å². The number of hydrogen-bond donors (Lipinski definition) is 4. The number of carboxylic acids is 4. The van der Waals surface area contributed by atoms with E-state index < -0.39 is 30.0 Å². The zero-order valence-corrected chi connectivity index (χ0v) is 30.9. The third-order valence-electron chi connectivity index (χ3n) is 9.15. The third-order valence-corrected chi connectivity index (χ3v) is 9.15. The number of anilines is 1. The number of ether oxygens (including phenoxy) is 1. The molecule has 16 heteroatoms. The molecule has 0 spiro atoms. The molecule has 54 heavy (non-hydrogen) atoms. The lowest BCUT2D eigenvalue weighted by Crippen LogP contribution is -2.51. The monoisotopic (exact) mass is 758 g/mol. The van der Waals surface area contributed by atoms with Crippen LogP contribution < -0.4 is 4.90 Å². The smallest absolute Gasteiger partial charge is 0.328 e. The summed E-state index contributed by atoms with van der Waals surface area (Å²) in [6, 6.07) is 5.94. The van der Waals surface area contributed by atoms with Crippen molar-refractivity contribution in [2.24, 2.45) is 11.8 Å². The summed E-state index contributed by atoms with van der Waals surface area (Å²) in [6.45, 7) is 6.22. The van der Waals surface area contributed by atoms with Crippen LogP contribution in [0.1, 0.15) is 84.0 Å². The Balaban J connectivity index is 0.000000526. The fourth-order valence-corrected chi connectivity index (χ4v) is 6.49. The standard InChI is InChI=1S/C30H46N4O4.2C4H4O4/c1-2-3-4-5-6-7-8-16-28(35)38-24(23-34-29(36)25-13-9-10-14-26(25)30(34)37)22-32-18-20-33(21-19-32)27-15-11-12-17-31-27;2*5-3(6)1-2-4(7)8/h11-12,15,17,24-26H,2-10,13-14,16,18-23H2,1H3;2*1-2H,(H,5,6)(H,7,8)/b;2*2-1-. The number of fused-ring (bicyclic) bond motifs is 1. The maximum Gasteiger partial charge on any atom is 0.328 e. The fraction of sp³-hybridized carbons (Fsp3) is 0.579. The Bertz CT molecular complexity index is 1350. The van der Waals surface area contributed by atoms with Gasteiger partial charge in [-0.3, -0.25) is 24.2 Å². The Morgan fingerprint density at radius 3 is 1.70 bits per heavy atom. The summed E-state index contributed by atoms with van der Waals surface area (Å²) in [7, 11) is 0. The Labute approximate surface area is 315 Å². The van der Waals surface area contributed by atoms with E-state index in [1.807, 2.05) is 24.4 Å². The molecule has 4 rings (SSSR count). The minimum Gasteiger partial charge on any atom is -0.478 e. The number of amides is 2. The van der Waals surface area contributed by atoms with Gasteiger partial charge in [0.25, 0.3) is 0 Å². The summed E-state index contributed by atoms with van der Waals surface area (Å²) in [4.78, 5) is 87.7. The molecule has 0 aromatic carbocycles. The van der Waals surface area contributed by atoms with E-state index in [0.717, 1.165) is 76.9 Å². The van der Waals surface area contributed by atoms with Gasteiger partial charge in [0.05, 0.1) is 18.4 Å². The molecule has 4 N–H and O–H groups in total. The second kappa shape index (κ2) is 25.0. The van der Waals surface area contributed by atoms with Crippen LogP contribution in [0.2, 0.25) is 0 Å². The Kier molecular flexibility index (Phi) is 20.8. The molecular formula is C38H54N4O12. The number of esters is 1. The summed E-state index contributed by atoms with van der Waals surface area (Å²) >= 11 is 0. The lowest BCUT2D eigenvalue weighted by Gasteiger charge is -2.37. The lowest BCUT2D eigenvalue weighted by atomic mass is 9.81. The van der Waals surface area contributed by atoms with Crippen molar-refractivity contribution in [2.45, 2.75) is 90.1 Å². The summed E-state index contributed by atoms with van der Waals surface area (Å²) in [5.74, 6) is -4.75. The van der Waals surface area contributed by atoms with Gasteiger partial charge in [-0.15, -0.1) is 0 Å². The van der Waals surface area contributed by atoms with Crippen LogP contribution in [0, 0.1) is 11.8 Å². The number of carbonyl (C=O) groups excluding carboxylic acids is 3. The molecule has 2 aliphatic heterocycles. The van der Waals surface area contributed by atoms with Gasteiger partial charge < -0.3 is 30.1 Å². The molecule has 3 aliphatic rings. The van der Waals surface area contributed by atoms with Gasteiger partial charge in [-0.05, 0) is 31.4 Å². The van der Waals surface area contributed by atoms with Gasteiger partial charge >= 0.3 is 29.8 Å². The SMILES string of the molecule is CCCCCCCCCC(=O)OC(CN1CCN(c2ccccn2)CC1)CN1C(=O)C2CCCCC2C1=O.O=C(O)/C=C\C(=O)O.O=C(O)/C=C\C(=O)O. The first-order valence-electron chi connectivity index (χ1n) is 18.5. The summed E-state index contributed by atoms with van der Waals surface area (Å²) in [5, 5.41) is 31.2. The predicted octanol–water partition coefficient (Wildman–Crippen LogP) is 3.85. The van der Waals surface area contributed by atoms with Crippen molar-refractivity contribution >= 4 is 47.5 Å². The number of likely N-dealkylation sites (tertiary alicyclic amines) is 1. The second-order valence-corrected chi connectivity index (χ2v) is 13.3. The number of imide groups is 1. The van der Waals surface area contributed by atoms with Gasteiger partial charge in [0.2, 0.25) is 11.8 Å². The van der Waals surface area contributed by atoms with E-state index in [2.05, 4.69) is 21.7 Å². The molecule has 1 aliphatic carbocycles. The minimum atomic E-state index is -1.26. The highest BCUT2D eigenvalue weighted by Gasteiger charge is 2.48. The zero-order valence-electron chi connectivity index (χ0n) is 30.9. The van der Waals surface area contributed by atoms with Crippen molar-refractivity contribution in [3.8, 4) is 0 Å². The molecule has 3 heterocycles. The zero-order chi connectivity index (χ0) is 39.9. The predicted molar refractivity (Wildman–Crippen MR) is 196 cm³/mol. The van der Waals surface area contributed by atoms with Crippen molar-refractivity contribution in [3.05, 3.63) is 48.7 Å². The van der Waals surface area contributed by atoms with Gasteiger partial charge in [-0.25, -0.2) is 24.2 Å². The average molecular weight is 759 g/mol. The maximum absolute atomic E-state index is 13.1. The van der Waals surface area contributed by atoms with Gasteiger partial charge in [0.1, 0.15) is 11.9 Å². The minimum absolute atomic E-state index is 0.0622. The molecule has 16 nitrogen and oxygen atoms in total. The maximum atomic E-state index is 13.1. The molecule has 2 amide bonds. The molecule has 3 atom stereocenters. The summed E-state index contributed by atoms with van der Waals surface area (Å²) in [5.41, 5.74) is 0. The highest BCUT2D eigenvalue weighted by Crippen LogP contribution is 2.38. The first-order valence-corrected chi connectivity index (χ1v) is 18.5. The first-order chi connectivity index (χ1) is 25.8. The van der Waals surface area contributed by atoms with E-state index in [4.69, 9.17) is 25.2 Å². The third kappa shape index (κ3) is 17.6. The lowest BCUT2D eigenvalue weighted by molar-refractivity contribution is -0.155. The number of nitrogens with zero attached hydrogens (tertiary/aromatic N) is 4. The number of piperazine rings is 1. The second-order valence-electron chi connectivity index (χ2n) is 13.3. The highest BCUT2D eigenvalue weighted by atomic mass is 16.5. The molecule has 1 aromatic heterocycles. The van der Waals surface area contributed by atoms with Crippen LogP contribution >= 0.6 is 0 Å². The van der Waals surface area contributed by atoms with Gasteiger partial charge in [0, 0.05) is 69.6 Å². The Morgan fingerprint density at radius 1 is 0.741 bits per heavy atom. The summed E-state index contributed by atoms with van der Waals surface area (Å²) in [6.07, 6.45) is 15.5. The Morgan fingerprint density at radius 2 is 1.24 bits per heavy atom. The summed E-state index contributed by atoms with van der Waals surface area (Å²) < 4.78 is 5.97. The number of hydrogen-bond acceptors (Lipinski definition) is 11. The molecule has 2 saturated heterocycles. The van der Waals surface area contributed by atoms with Crippen molar-refractivity contribution < 1.29 is 58.7 Å². The first kappa shape index (κ1) is 45.0. The molecule has 3 fully saturated rings. The number of carboxylic acid groups (broad SMARTS) is 4.